The Kier molecular flexibility index (Phi) is 3.25. The van der Waals surface area contributed by atoms with Crippen molar-refractivity contribution in [2.45, 2.75) is 32.4 Å². The molecule has 16 heavy (non-hydrogen) atoms. The second kappa shape index (κ2) is 4.66. The van der Waals surface area contributed by atoms with E-state index in [2.05, 4.69) is 17.9 Å². The van der Waals surface area contributed by atoms with Gasteiger partial charge in [0.25, 0.3) is 0 Å². The highest BCUT2D eigenvalue weighted by atomic mass is 15.2. The second-order valence-electron chi connectivity index (χ2n) is 4.37. The molecule has 0 amide bonds. The Hall–Kier alpha value is -1.35. The predicted molar refractivity (Wildman–Crippen MR) is 66.6 cm³/mol. The molecule has 0 radical (unpaired) electrons. The first-order valence-corrected chi connectivity index (χ1v) is 5.88. The number of nitrogens with two attached hydrogens (primary N) is 1. The van der Waals surface area contributed by atoms with Crippen molar-refractivity contribution >= 4 is 5.84 Å². The summed E-state index contributed by atoms with van der Waals surface area (Å²) in [5.74, 6) is 0.169. The summed E-state index contributed by atoms with van der Waals surface area (Å²) in [5.41, 5.74) is 7.63. The van der Waals surface area contributed by atoms with Crippen LogP contribution in [-0.4, -0.2) is 23.3 Å². The fraction of sp³-hybridized carbons (Fsp3) is 0.462. The molecule has 0 aliphatic heterocycles. The van der Waals surface area contributed by atoms with E-state index >= 15 is 0 Å². The molecular formula is C13H19N3. The maximum Gasteiger partial charge on any atom is 0.123 e. The Morgan fingerprint density at radius 3 is 2.69 bits per heavy atom. The van der Waals surface area contributed by atoms with Gasteiger partial charge >= 0.3 is 0 Å². The fourth-order valence-electron chi connectivity index (χ4n) is 2.08. The van der Waals surface area contributed by atoms with Gasteiger partial charge in [-0.25, -0.2) is 0 Å². The minimum absolute atomic E-state index is 0.169. The van der Waals surface area contributed by atoms with Crippen LogP contribution in [0.1, 0.15) is 30.9 Å². The summed E-state index contributed by atoms with van der Waals surface area (Å²) in [6.07, 6.45) is 2.63. The van der Waals surface area contributed by atoms with Crippen molar-refractivity contribution in [3.05, 3.63) is 35.4 Å². The average Bonchev–Trinajstić information content (AvgIpc) is 3.10. The number of nitrogen functional groups attached to an aromatic ring is 1. The molecule has 0 unspecified atom stereocenters. The zero-order valence-electron chi connectivity index (χ0n) is 9.74. The lowest BCUT2D eigenvalue weighted by Crippen LogP contribution is -2.26. The van der Waals surface area contributed by atoms with Gasteiger partial charge in [0.2, 0.25) is 0 Å². The molecule has 1 aromatic rings. The average molecular weight is 217 g/mol. The van der Waals surface area contributed by atoms with Crippen LogP contribution in [0, 0.1) is 5.41 Å². The first-order chi connectivity index (χ1) is 7.72. The summed E-state index contributed by atoms with van der Waals surface area (Å²) in [5, 5.41) is 7.56. The molecule has 0 aromatic heterocycles. The molecule has 1 aromatic carbocycles. The van der Waals surface area contributed by atoms with E-state index in [0.717, 1.165) is 24.7 Å². The van der Waals surface area contributed by atoms with Gasteiger partial charge in [0, 0.05) is 18.2 Å². The van der Waals surface area contributed by atoms with Crippen LogP contribution in [0.15, 0.2) is 24.3 Å². The van der Waals surface area contributed by atoms with Crippen molar-refractivity contribution in [3.63, 3.8) is 0 Å². The summed E-state index contributed by atoms with van der Waals surface area (Å²) < 4.78 is 0. The van der Waals surface area contributed by atoms with Crippen molar-refractivity contribution in [3.8, 4) is 0 Å². The molecule has 1 fully saturated rings. The van der Waals surface area contributed by atoms with E-state index in [1.807, 2.05) is 18.2 Å². The molecular weight excluding hydrogens is 198 g/mol. The molecule has 3 nitrogen and oxygen atoms in total. The minimum atomic E-state index is 0.169. The predicted octanol–water partition coefficient (Wildman–Crippen LogP) is 1.95. The van der Waals surface area contributed by atoms with Crippen LogP contribution in [0.4, 0.5) is 0 Å². The van der Waals surface area contributed by atoms with Crippen LogP contribution in [-0.2, 0) is 6.54 Å². The zero-order valence-corrected chi connectivity index (χ0v) is 9.74. The topological polar surface area (TPSA) is 53.1 Å². The third-order valence-corrected chi connectivity index (χ3v) is 3.15. The lowest BCUT2D eigenvalue weighted by molar-refractivity contribution is 0.269. The SMILES string of the molecule is CCN(Cc1ccccc1C(=N)N)C1CC1. The number of hydrogen-bond acceptors (Lipinski definition) is 2. The van der Waals surface area contributed by atoms with E-state index in [9.17, 15) is 0 Å². The van der Waals surface area contributed by atoms with E-state index in [-0.39, 0.29) is 5.84 Å². The van der Waals surface area contributed by atoms with E-state index < -0.39 is 0 Å². The zero-order chi connectivity index (χ0) is 11.5. The number of nitrogens with zero attached hydrogens (tertiary/aromatic N) is 1. The molecule has 0 spiro atoms. The monoisotopic (exact) mass is 217 g/mol. The van der Waals surface area contributed by atoms with E-state index in [1.54, 1.807) is 0 Å². The highest BCUT2D eigenvalue weighted by Crippen LogP contribution is 2.28. The van der Waals surface area contributed by atoms with Crippen LogP contribution in [0.2, 0.25) is 0 Å². The molecule has 1 saturated carbocycles. The largest absolute Gasteiger partial charge is 0.384 e. The molecule has 0 bridgehead atoms. The smallest absolute Gasteiger partial charge is 0.123 e. The minimum Gasteiger partial charge on any atom is -0.384 e. The standard InChI is InChI=1S/C13H19N3/c1-2-16(11-7-8-11)9-10-5-3-4-6-12(10)13(14)15/h3-6,11H,2,7-9H2,1H3,(H3,14,15). The van der Waals surface area contributed by atoms with Crippen molar-refractivity contribution in [2.75, 3.05) is 6.54 Å². The van der Waals surface area contributed by atoms with Gasteiger partial charge in [-0.05, 0) is 24.9 Å². The number of benzene rings is 1. The number of amidine groups is 1. The number of hydrogen-bond donors (Lipinski definition) is 2. The molecule has 0 saturated heterocycles. The Morgan fingerprint density at radius 1 is 1.44 bits per heavy atom. The van der Waals surface area contributed by atoms with Crippen LogP contribution < -0.4 is 5.73 Å². The molecule has 1 aliphatic carbocycles. The van der Waals surface area contributed by atoms with Crippen molar-refractivity contribution < 1.29 is 0 Å². The van der Waals surface area contributed by atoms with E-state index in [1.165, 1.54) is 18.4 Å². The van der Waals surface area contributed by atoms with Gasteiger partial charge in [0.1, 0.15) is 5.84 Å². The van der Waals surface area contributed by atoms with Gasteiger partial charge in [-0.2, -0.15) is 0 Å². The number of rotatable bonds is 5. The summed E-state index contributed by atoms with van der Waals surface area (Å²) in [6.45, 7) is 4.17. The Labute approximate surface area is 96.8 Å². The summed E-state index contributed by atoms with van der Waals surface area (Å²) in [7, 11) is 0. The normalized spacial score (nSPS) is 15.4. The van der Waals surface area contributed by atoms with Crippen molar-refractivity contribution in [2.24, 2.45) is 5.73 Å². The second-order valence-corrected chi connectivity index (χ2v) is 4.37. The molecule has 0 atom stereocenters. The highest BCUT2D eigenvalue weighted by molar-refractivity contribution is 5.96. The maximum atomic E-state index is 7.56. The van der Waals surface area contributed by atoms with Crippen LogP contribution >= 0.6 is 0 Å². The summed E-state index contributed by atoms with van der Waals surface area (Å²) in [4.78, 5) is 2.46. The first-order valence-electron chi connectivity index (χ1n) is 5.88. The molecule has 3 heteroatoms. The van der Waals surface area contributed by atoms with Crippen LogP contribution in [0.25, 0.3) is 0 Å². The van der Waals surface area contributed by atoms with Crippen molar-refractivity contribution in [1.29, 1.82) is 5.41 Å². The van der Waals surface area contributed by atoms with Crippen LogP contribution in [0.5, 0.6) is 0 Å². The van der Waals surface area contributed by atoms with Crippen LogP contribution in [0.3, 0.4) is 0 Å². The fourth-order valence-corrected chi connectivity index (χ4v) is 2.08. The molecule has 0 heterocycles. The first kappa shape index (κ1) is 11.1. The Balaban J connectivity index is 2.15. The Morgan fingerprint density at radius 2 is 2.12 bits per heavy atom. The highest BCUT2D eigenvalue weighted by Gasteiger charge is 2.28. The molecule has 2 rings (SSSR count). The lowest BCUT2D eigenvalue weighted by atomic mass is 10.1. The molecule has 1 aliphatic rings. The van der Waals surface area contributed by atoms with Gasteiger partial charge in [-0.15, -0.1) is 0 Å². The van der Waals surface area contributed by atoms with Crippen molar-refractivity contribution in [1.82, 2.24) is 4.90 Å². The maximum absolute atomic E-state index is 7.56. The molecule has 3 N–H and O–H groups in total. The quantitative estimate of drug-likeness (QED) is 0.585. The summed E-state index contributed by atoms with van der Waals surface area (Å²) in [6, 6.07) is 8.71. The Bertz CT molecular complexity index is 383. The van der Waals surface area contributed by atoms with E-state index in [4.69, 9.17) is 11.1 Å². The third kappa shape index (κ3) is 2.42. The van der Waals surface area contributed by atoms with Gasteiger partial charge in [-0.1, -0.05) is 31.2 Å². The van der Waals surface area contributed by atoms with Gasteiger partial charge in [-0.3, -0.25) is 10.3 Å². The van der Waals surface area contributed by atoms with Gasteiger partial charge in [0.05, 0.1) is 0 Å². The lowest BCUT2D eigenvalue weighted by Gasteiger charge is -2.21. The third-order valence-electron chi connectivity index (χ3n) is 3.15. The van der Waals surface area contributed by atoms with Gasteiger partial charge < -0.3 is 5.73 Å². The van der Waals surface area contributed by atoms with E-state index in [0.29, 0.717) is 0 Å². The molecule has 86 valence electrons. The number of nitrogens with one attached hydrogen (secondary N) is 1. The summed E-state index contributed by atoms with van der Waals surface area (Å²) >= 11 is 0. The van der Waals surface area contributed by atoms with Gasteiger partial charge in [0.15, 0.2) is 0 Å².